The molecule has 0 radical (unpaired) electrons. The van der Waals surface area contributed by atoms with E-state index in [9.17, 15) is 0 Å². The number of nitrogens with one attached hydrogen (secondary N) is 1. The second kappa shape index (κ2) is 5.48. The summed E-state index contributed by atoms with van der Waals surface area (Å²) in [5, 5.41) is 3.56. The summed E-state index contributed by atoms with van der Waals surface area (Å²) in [6.45, 7) is 8.97. The van der Waals surface area contributed by atoms with E-state index in [1.165, 1.54) is 45.2 Å². The van der Waals surface area contributed by atoms with Crippen LogP contribution in [-0.4, -0.2) is 50.3 Å². The summed E-state index contributed by atoms with van der Waals surface area (Å²) in [5.41, 5.74) is 0.396. The summed E-state index contributed by atoms with van der Waals surface area (Å²) in [4.78, 5) is 2.80. The van der Waals surface area contributed by atoms with Gasteiger partial charge in [-0.2, -0.15) is 0 Å². The van der Waals surface area contributed by atoms with Gasteiger partial charge < -0.3 is 10.1 Å². The molecule has 0 bridgehead atoms. The molecular formula is C15H28N2O. The van der Waals surface area contributed by atoms with Crippen molar-refractivity contribution in [1.82, 2.24) is 10.2 Å². The SMILES string of the molecule is CCNCC1(CN(CC2CC2)C2CC2)CCOC1. The van der Waals surface area contributed by atoms with E-state index in [4.69, 9.17) is 4.74 Å². The average molecular weight is 252 g/mol. The minimum atomic E-state index is 0.396. The van der Waals surface area contributed by atoms with Crippen LogP contribution in [0.2, 0.25) is 0 Å². The molecule has 2 saturated carbocycles. The van der Waals surface area contributed by atoms with Crippen LogP contribution >= 0.6 is 0 Å². The lowest BCUT2D eigenvalue weighted by Crippen LogP contribution is -2.46. The van der Waals surface area contributed by atoms with Crippen LogP contribution in [-0.2, 0) is 4.74 Å². The van der Waals surface area contributed by atoms with Crippen molar-refractivity contribution in [3.05, 3.63) is 0 Å². The fourth-order valence-electron chi connectivity index (χ4n) is 3.21. The molecule has 3 fully saturated rings. The van der Waals surface area contributed by atoms with Crippen molar-refractivity contribution in [1.29, 1.82) is 0 Å². The molecule has 0 aromatic heterocycles. The van der Waals surface area contributed by atoms with Gasteiger partial charge >= 0.3 is 0 Å². The van der Waals surface area contributed by atoms with Gasteiger partial charge in [-0.05, 0) is 44.6 Å². The third-order valence-corrected chi connectivity index (χ3v) is 4.73. The second-order valence-corrected chi connectivity index (χ2v) is 6.69. The van der Waals surface area contributed by atoms with Crippen LogP contribution in [0.15, 0.2) is 0 Å². The Morgan fingerprint density at radius 2 is 2.11 bits per heavy atom. The van der Waals surface area contributed by atoms with Crippen LogP contribution in [0.1, 0.15) is 39.0 Å². The van der Waals surface area contributed by atoms with E-state index >= 15 is 0 Å². The molecule has 0 aromatic rings. The lowest BCUT2D eigenvalue weighted by Gasteiger charge is -2.35. The molecule has 18 heavy (non-hydrogen) atoms. The molecule has 104 valence electrons. The predicted octanol–water partition coefficient (Wildman–Crippen LogP) is 1.88. The molecule has 0 amide bonds. The molecule has 1 saturated heterocycles. The molecule has 1 unspecified atom stereocenters. The van der Waals surface area contributed by atoms with E-state index in [1.54, 1.807) is 0 Å². The van der Waals surface area contributed by atoms with Gasteiger partial charge in [0.25, 0.3) is 0 Å². The number of hydrogen-bond donors (Lipinski definition) is 1. The van der Waals surface area contributed by atoms with Gasteiger partial charge in [-0.25, -0.2) is 0 Å². The van der Waals surface area contributed by atoms with Crippen LogP contribution in [0.25, 0.3) is 0 Å². The second-order valence-electron chi connectivity index (χ2n) is 6.69. The summed E-state index contributed by atoms with van der Waals surface area (Å²) in [5.74, 6) is 1.02. The van der Waals surface area contributed by atoms with Crippen LogP contribution in [0.5, 0.6) is 0 Å². The molecule has 1 aliphatic heterocycles. The Morgan fingerprint density at radius 3 is 2.67 bits per heavy atom. The molecule has 3 aliphatic rings. The quantitative estimate of drug-likeness (QED) is 0.714. The van der Waals surface area contributed by atoms with Crippen molar-refractivity contribution in [3.63, 3.8) is 0 Å². The van der Waals surface area contributed by atoms with Gasteiger partial charge in [0.05, 0.1) is 6.61 Å². The number of nitrogens with zero attached hydrogens (tertiary/aromatic N) is 1. The lowest BCUT2D eigenvalue weighted by atomic mass is 9.86. The third kappa shape index (κ3) is 3.25. The number of ether oxygens (including phenoxy) is 1. The highest BCUT2D eigenvalue weighted by atomic mass is 16.5. The van der Waals surface area contributed by atoms with Gasteiger partial charge in [0.15, 0.2) is 0 Å². The first-order chi connectivity index (χ1) is 8.81. The maximum Gasteiger partial charge on any atom is 0.0547 e. The van der Waals surface area contributed by atoms with Crippen LogP contribution < -0.4 is 5.32 Å². The maximum atomic E-state index is 5.71. The van der Waals surface area contributed by atoms with Crippen LogP contribution in [0.4, 0.5) is 0 Å². The Balaban J connectivity index is 1.58. The van der Waals surface area contributed by atoms with Gasteiger partial charge in [-0.3, -0.25) is 4.90 Å². The molecule has 3 rings (SSSR count). The largest absolute Gasteiger partial charge is 0.381 e. The Labute approximate surface area is 111 Å². The topological polar surface area (TPSA) is 24.5 Å². The Hall–Kier alpha value is -0.120. The van der Waals surface area contributed by atoms with Crippen molar-refractivity contribution < 1.29 is 4.74 Å². The molecule has 0 spiro atoms. The summed E-state index contributed by atoms with van der Waals surface area (Å²) in [6, 6.07) is 0.907. The normalized spacial score (nSPS) is 32.3. The zero-order valence-corrected chi connectivity index (χ0v) is 11.8. The zero-order chi connectivity index (χ0) is 12.4. The minimum Gasteiger partial charge on any atom is -0.381 e. The molecular weight excluding hydrogens is 224 g/mol. The smallest absolute Gasteiger partial charge is 0.0547 e. The summed E-state index contributed by atoms with van der Waals surface area (Å²) >= 11 is 0. The summed E-state index contributed by atoms with van der Waals surface area (Å²) < 4.78 is 5.71. The first kappa shape index (κ1) is 12.9. The van der Waals surface area contributed by atoms with Gasteiger partial charge in [-0.1, -0.05) is 6.92 Å². The van der Waals surface area contributed by atoms with Crippen LogP contribution in [0, 0.1) is 11.3 Å². The molecule has 3 nitrogen and oxygen atoms in total. The van der Waals surface area contributed by atoms with Crippen molar-refractivity contribution in [2.45, 2.75) is 45.1 Å². The van der Waals surface area contributed by atoms with E-state index in [0.717, 1.165) is 38.3 Å². The van der Waals surface area contributed by atoms with Crippen molar-refractivity contribution in [2.24, 2.45) is 11.3 Å². The minimum absolute atomic E-state index is 0.396. The highest BCUT2D eigenvalue weighted by Gasteiger charge is 2.41. The van der Waals surface area contributed by atoms with E-state index < -0.39 is 0 Å². The molecule has 0 aromatic carbocycles. The molecule has 2 aliphatic carbocycles. The predicted molar refractivity (Wildman–Crippen MR) is 73.7 cm³/mol. The summed E-state index contributed by atoms with van der Waals surface area (Å²) in [6.07, 6.45) is 7.06. The maximum absolute atomic E-state index is 5.71. The van der Waals surface area contributed by atoms with E-state index in [0.29, 0.717) is 5.41 Å². The molecule has 1 heterocycles. The highest BCUT2D eigenvalue weighted by molar-refractivity contribution is 4.95. The highest BCUT2D eigenvalue weighted by Crippen LogP contribution is 2.38. The van der Waals surface area contributed by atoms with Gasteiger partial charge in [0.2, 0.25) is 0 Å². The molecule has 3 heteroatoms. The number of hydrogen-bond acceptors (Lipinski definition) is 3. The number of rotatable bonds is 8. The van der Waals surface area contributed by atoms with Crippen molar-refractivity contribution >= 4 is 0 Å². The summed E-state index contributed by atoms with van der Waals surface area (Å²) in [7, 11) is 0. The fraction of sp³-hybridized carbons (Fsp3) is 1.00. The Kier molecular flexibility index (Phi) is 3.92. The third-order valence-electron chi connectivity index (χ3n) is 4.73. The van der Waals surface area contributed by atoms with Gasteiger partial charge in [0, 0.05) is 37.7 Å². The Bertz CT molecular complexity index is 268. The lowest BCUT2D eigenvalue weighted by molar-refractivity contribution is 0.102. The molecule has 1 N–H and O–H groups in total. The van der Waals surface area contributed by atoms with Crippen molar-refractivity contribution in [2.75, 3.05) is 39.4 Å². The zero-order valence-electron chi connectivity index (χ0n) is 11.8. The van der Waals surface area contributed by atoms with Crippen LogP contribution in [0.3, 0.4) is 0 Å². The van der Waals surface area contributed by atoms with E-state index in [-0.39, 0.29) is 0 Å². The fourth-order valence-corrected chi connectivity index (χ4v) is 3.21. The Morgan fingerprint density at radius 1 is 1.28 bits per heavy atom. The van der Waals surface area contributed by atoms with Crippen molar-refractivity contribution in [3.8, 4) is 0 Å². The van der Waals surface area contributed by atoms with Gasteiger partial charge in [-0.15, -0.1) is 0 Å². The average Bonchev–Trinajstić information content (AvgIpc) is 3.27. The van der Waals surface area contributed by atoms with E-state index in [1.807, 2.05) is 0 Å². The first-order valence-electron chi connectivity index (χ1n) is 7.84. The monoisotopic (exact) mass is 252 g/mol. The molecule has 1 atom stereocenters. The standard InChI is InChI=1S/C15H28N2O/c1-2-16-10-15(7-8-18-12-15)11-17(14-5-6-14)9-13-3-4-13/h13-14,16H,2-12H2,1H3. The first-order valence-corrected chi connectivity index (χ1v) is 7.84. The van der Waals surface area contributed by atoms with Gasteiger partial charge in [0.1, 0.15) is 0 Å². The van der Waals surface area contributed by atoms with E-state index in [2.05, 4.69) is 17.1 Å².